The Morgan fingerprint density at radius 1 is 1.00 bits per heavy atom. The van der Waals surface area contributed by atoms with E-state index in [9.17, 15) is 0 Å². The summed E-state index contributed by atoms with van der Waals surface area (Å²) >= 11 is 0. The van der Waals surface area contributed by atoms with Gasteiger partial charge in [-0.1, -0.05) is 0 Å². The van der Waals surface area contributed by atoms with Crippen LogP contribution in [0.3, 0.4) is 0 Å². The van der Waals surface area contributed by atoms with Gasteiger partial charge in [0.1, 0.15) is 0 Å². The second kappa shape index (κ2) is 15.8. The molecule has 0 amide bonds. The molecule has 0 radical (unpaired) electrons. The summed E-state index contributed by atoms with van der Waals surface area (Å²) in [5.41, 5.74) is 0. The molecule has 40 valence electrons. The molecule has 0 rings (SSSR count). The normalized spacial score (nSPS) is 3.86. The third kappa shape index (κ3) is 217. The molecule has 0 spiro atoms. The van der Waals surface area contributed by atoms with E-state index in [4.69, 9.17) is 15.1 Å². The van der Waals surface area contributed by atoms with Crippen molar-refractivity contribution in [3.05, 3.63) is 0 Å². The van der Waals surface area contributed by atoms with E-state index in [1.165, 1.54) is 0 Å². The summed E-state index contributed by atoms with van der Waals surface area (Å²) in [5, 5.41) is 21.5. The minimum absolute atomic E-state index is 0. The van der Waals surface area contributed by atoms with E-state index in [0.29, 0.717) is 0 Å². The van der Waals surface area contributed by atoms with Crippen molar-refractivity contribution in [2.45, 2.75) is 0 Å². The van der Waals surface area contributed by atoms with Gasteiger partial charge in [-0.25, -0.2) is 0 Å². The van der Waals surface area contributed by atoms with Crippen LogP contribution in [0, 0.1) is 0 Å². The van der Waals surface area contributed by atoms with E-state index in [0.717, 1.165) is 0 Å². The maximum Gasteiger partial charge on any atom is 1.00 e. The van der Waals surface area contributed by atoms with Gasteiger partial charge >= 0.3 is 36.9 Å². The van der Waals surface area contributed by atoms with Crippen LogP contribution in [0.5, 0.6) is 0 Å². The molecule has 0 aliphatic rings. The van der Waals surface area contributed by atoms with Crippen molar-refractivity contribution in [3.63, 3.8) is 0 Å². The maximum atomic E-state index is 7.17. The van der Waals surface area contributed by atoms with E-state index >= 15 is 0 Å². The van der Waals surface area contributed by atoms with Crippen LogP contribution in [0.2, 0.25) is 0 Å². The molecule has 0 heterocycles. The maximum absolute atomic E-state index is 7.17. The molecule has 0 aromatic heterocycles. The van der Waals surface area contributed by atoms with Gasteiger partial charge in [-0.05, 0) is 0 Å². The SMILES string of the molecule is N.OB(O)O.[Na+].[OH-]. The third-order valence-corrected chi connectivity index (χ3v) is 0. The molecule has 0 aromatic rings. The first-order valence-corrected chi connectivity index (χ1v) is 0.775. The fourth-order valence-corrected chi connectivity index (χ4v) is 0. The molecule has 0 aliphatic heterocycles. The first-order chi connectivity index (χ1) is 1.73. The van der Waals surface area contributed by atoms with Crippen molar-refractivity contribution >= 4 is 7.32 Å². The topological polar surface area (TPSA) is 126 Å². The van der Waals surface area contributed by atoms with Gasteiger partial charge in [-0.15, -0.1) is 0 Å². The zero-order chi connectivity index (χ0) is 3.58. The molecule has 5 nitrogen and oxygen atoms in total. The van der Waals surface area contributed by atoms with Gasteiger partial charge in [0, 0.05) is 0 Å². The summed E-state index contributed by atoms with van der Waals surface area (Å²) in [4.78, 5) is 0. The van der Waals surface area contributed by atoms with Crippen LogP contribution in [0.4, 0.5) is 0 Å². The molecule has 7 heteroatoms. The molecule has 7 N–H and O–H groups in total. The van der Waals surface area contributed by atoms with Gasteiger partial charge in [-0.3, -0.25) is 0 Å². The molecule has 0 fully saturated rings. The second-order valence-electron chi connectivity index (χ2n) is 0.346. The summed E-state index contributed by atoms with van der Waals surface area (Å²) < 4.78 is 0. The van der Waals surface area contributed by atoms with Crippen LogP contribution in [0.1, 0.15) is 0 Å². The van der Waals surface area contributed by atoms with Crippen LogP contribution >= 0.6 is 0 Å². The Morgan fingerprint density at radius 3 is 1.00 bits per heavy atom. The zero-order valence-electron chi connectivity index (χ0n) is 4.07. The molecule has 0 aliphatic carbocycles. The summed E-state index contributed by atoms with van der Waals surface area (Å²) in [5.74, 6) is 0. The molecule has 0 atom stereocenters. The Balaban J connectivity index is -0.0000000150. The summed E-state index contributed by atoms with van der Waals surface area (Å²) in [7, 11) is -2.17. The van der Waals surface area contributed by atoms with E-state index in [-0.39, 0.29) is 41.2 Å². The molecule has 0 saturated heterocycles. The monoisotopic (exact) mass is 119 g/mol. The van der Waals surface area contributed by atoms with Gasteiger partial charge in [0.15, 0.2) is 0 Å². The quantitative estimate of drug-likeness (QED) is 0.237. The van der Waals surface area contributed by atoms with Crippen LogP contribution in [0.25, 0.3) is 0 Å². The Hall–Kier alpha value is 0.865. The molecular weight excluding hydrogens is 112 g/mol. The molecule has 0 unspecified atom stereocenters. The number of rotatable bonds is 0. The molecule has 0 aromatic carbocycles. The molecule has 0 saturated carbocycles. The van der Waals surface area contributed by atoms with E-state index < -0.39 is 7.32 Å². The van der Waals surface area contributed by atoms with Crippen LogP contribution in [-0.2, 0) is 0 Å². The first-order valence-electron chi connectivity index (χ1n) is 0.775. The predicted octanol–water partition coefficient (Wildman–Crippen LogP) is -5.06. The first kappa shape index (κ1) is 24.8. The standard InChI is InChI=1S/BH3O3.H3N.Na.H2O/c2-1(3)4;;;/h2-4H;1H3;;1H2/q;;+1;/p-1. The van der Waals surface area contributed by atoms with E-state index in [1.807, 2.05) is 0 Å². The van der Waals surface area contributed by atoms with Gasteiger partial charge in [0.25, 0.3) is 0 Å². The van der Waals surface area contributed by atoms with Crippen molar-refractivity contribution in [1.82, 2.24) is 6.15 Å². The minimum Gasteiger partial charge on any atom is -0.870 e. The molecule has 0 bridgehead atoms. The average Bonchev–Trinajstić information content (AvgIpc) is 0.811. The molecular formula is H7BNNaO4. The van der Waals surface area contributed by atoms with Crippen molar-refractivity contribution in [2.75, 3.05) is 0 Å². The largest absolute Gasteiger partial charge is 1.00 e. The van der Waals surface area contributed by atoms with Gasteiger partial charge in [-0.2, -0.15) is 0 Å². The van der Waals surface area contributed by atoms with Gasteiger partial charge in [0.2, 0.25) is 0 Å². The molecule has 7 heavy (non-hydrogen) atoms. The zero-order valence-corrected chi connectivity index (χ0v) is 6.07. The Labute approximate surface area is 63.7 Å². The third-order valence-electron chi connectivity index (χ3n) is 0. The van der Waals surface area contributed by atoms with Gasteiger partial charge in [0.05, 0.1) is 0 Å². The van der Waals surface area contributed by atoms with Crippen molar-refractivity contribution in [3.8, 4) is 0 Å². The summed E-state index contributed by atoms with van der Waals surface area (Å²) in [6, 6.07) is 0. The smallest absolute Gasteiger partial charge is 0.870 e. The average molecular weight is 119 g/mol. The predicted molar refractivity (Wildman–Crippen MR) is 19.4 cm³/mol. The van der Waals surface area contributed by atoms with E-state index in [2.05, 4.69) is 0 Å². The fourth-order valence-electron chi connectivity index (χ4n) is 0. The Kier molecular flexibility index (Phi) is 56.0. The number of hydrogen-bond acceptors (Lipinski definition) is 5. The van der Waals surface area contributed by atoms with Crippen molar-refractivity contribution in [1.29, 1.82) is 0 Å². The van der Waals surface area contributed by atoms with Crippen molar-refractivity contribution < 1.29 is 50.1 Å². The van der Waals surface area contributed by atoms with E-state index in [1.54, 1.807) is 0 Å². The summed E-state index contributed by atoms with van der Waals surface area (Å²) in [6.07, 6.45) is 0. The summed E-state index contributed by atoms with van der Waals surface area (Å²) in [6.45, 7) is 0. The van der Waals surface area contributed by atoms with Crippen LogP contribution < -0.4 is 35.7 Å². The van der Waals surface area contributed by atoms with Crippen LogP contribution in [0.15, 0.2) is 0 Å². The minimum atomic E-state index is -2.17. The number of hydrogen-bond donors (Lipinski definition) is 4. The Bertz CT molecular complexity index is 16.4. The second-order valence-corrected chi connectivity index (χ2v) is 0.346. The van der Waals surface area contributed by atoms with Crippen molar-refractivity contribution in [2.24, 2.45) is 0 Å². The van der Waals surface area contributed by atoms with Gasteiger partial charge < -0.3 is 26.7 Å². The van der Waals surface area contributed by atoms with Crippen LogP contribution in [-0.4, -0.2) is 27.9 Å². The fraction of sp³-hybridized carbons (Fsp3) is 0. The Morgan fingerprint density at radius 2 is 1.00 bits per heavy atom.